The molecule has 1 N–H and O–H groups in total. The van der Waals surface area contributed by atoms with Crippen LogP contribution in [0.1, 0.15) is 36.5 Å². The van der Waals surface area contributed by atoms with Gasteiger partial charge in [0.1, 0.15) is 0 Å². The van der Waals surface area contributed by atoms with Crippen LogP contribution < -0.4 is 19.7 Å². The monoisotopic (exact) mass is 543 g/mol. The van der Waals surface area contributed by atoms with E-state index in [1.54, 1.807) is 26.3 Å². The Hall–Kier alpha value is -3.31. The summed E-state index contributed by atoms with van der Waals surface area (Å²) in [5.41, 5.74) is 4.48. The Morgan fingerprint density at radius 2 is 1.68 bits per heavy atom. The number of rotatable bonds is 7. The maximum Gasteiger partial charge on any atom is 0.337 e. The minimum absolute atomic E-state index is 0.111. The first-order valence-corrected chi connectivity index (χ1v) is 14.7. The molecule has 1 fully saturated rings. The number of anilines is 1. The zero-order chi connectivity index (χ0) is 27.4. The van der Waals surface area contributed by atoms with Gasteiger partial charge in [0.15, 0.2) is 11.5 Å². The second kappa shape index (κ2) is 11.6. The largest absolute Gasteiger partial charge is 0.493 e. The van der Waals surface area contributed by atoms with E-state index in [1.807, 2.05) is 36.4 Å². The van der Waals surface area contributed by atoms with Crippen molar-refractivity contribution < 1.29 is 22.7 Å². The average molecular weight is 544 g/mol. The number of carbonyl (C=O) groups is 1. The molecule has 2 aliphatic heterocycles. The Labute approximate surface area is 225 Å². The molecule has 0 saturated carbocycles. The van der Waals surface area contributed by atoms with Gasteiger partial charge in [0.05, 0.1) is 32.2 Å². The number of fused-ring (bicyclic) bond motifs is 1. The summed E-state index contributed by atoms with van der Waals surface area (Å²) >= 11 is 0. The lowest BCUT2D eigenvalue weighted by Crippen LogP contribution is -2.48. The molecule has 2 aliphatic rings. The van der Waals surface area contributed by atoms with Gasteiger partial charge in [-0.1, -0.05) is 25.5 Å². The first kappa shape index (κ1) is 27.7. The van der Waals surface area contributed by atoms with E-state index in [0.29, 0.717) is 49.8 Å². The standard InChI is InChI=1S/C27H37N5O5S/c1-6-7-22-16-20-17-24(36-3)25(37-4)18-23(20)26(29-32(22)27(33)28-2)19-8-10-21(11-9-19)30-12-14-31(15-13-30)38(5,34)35/h8-11,17-18,22H,6-7,12-16H2,1-5H3,(H,28,33)/t22-/m1/s1. The SMILES string of the molecule is CCC[C@@H]1Cc2cc(OC)c(OC)cc2C(c2ccc(N3CCN(S(C)(=O)=O)CC3)cc2)=NN1C(=O)NC. The average Bonchev–Trinajstić information content (AvgIpc) is 3.08. The van der Waals surface area contributed by atoms with Gasteiger partial charge in [0, 0.05) is 50.0 Å². The highest BCUT2D eigenvalue weighted by atomic mass is 32.2. The van der Waals surface area contributed by atoms with E-state index in [9.17, 15) is 13.2 Å². The highest BCUT2D eigenvalue weighted by molar-refractivity contribution is 7.88. The van der Waals surface area contributed by atoms with Crippen molar-refractivity contribution in [1.29, 1.82) is 0 Å². The molecule has 206 valence electrons. The fraction of sp³-hybridized carbons (Fsp3) is 0.481. The minimum atomic E-state index is -3.18. The van der Waals surface area contributed by atoms with E-state index in [4.69, 9.17) is 14.6 Å². The maximum absolute atomic E-state index is 12.9. The number of nitrogens with one attached hydrogen (secondary N) is 1. The first-order chi connectivity index (χ1) is 18.2. The molecule has 0 bridgehead atoms. The number of hydrogen-bond acceptors (Lipinski definition) is 7. The number of hydrogen-bond donors (Lipinski definition) is 1. The quantitative estimate of drug-likeness (QED) is 0.576. The van der Waals surface area contributed by atoms with Crippen molar-refractivity contribution in [2.75, 3.05) is 58.6 Å². The number of carbonyl (C=O) groups excluding carboxylic acids is 1. The van der Waals surface area contributed by atoms with Gasteiger partial charge in [0.25, 0.3) is 0 Å². The molecule has 1 atom stereocenters. The molecule has 2 aromatic carbocycles. The molecule has 0 unspecified atom stereocenters. The minimum Gasteiger partial charge on any atom is -0.493 e. The van der Waals surface area contributed by atoms with E-state index in [1.165, 1.54) is 10.6 Å². The van der Waals surface area contributed by atoms with Gasteiger partial charge >= 0.3 is 6.03 Å². The molecule has 10 nitrogen and oxygen atoms in total. The van der Waals surface area contributed by atoms with Crippen LogP contribution in [0.4, 0.5) is 10.5 Å². The molecule has 4 rings (SSSR count). The van der Waals surface area contributed by atoms with Crippen LogP contribution in [-0.4, -0.2) is 89.2 Å². The van der Waals surface area contributed by atoms with Crippen LogP contribution >= 0.6 is 0 Å². The normalized spacial score (nSPS) is 18.3. The summed E-state index contributed by atoms with van der Waals surface area (Å²) in [5, 5.41) is 9.23. The van der Waals surface area contributed by atoms with Crippen LogP contribution in [0.25, 0.3) is 0 Å². The number of amides is 2. The summed E-state index contributed by atoms with van der Waals surface area (Å²) in [6.07, 6.45) is 3.59. The fourth-order valence-electron chi connectivity index (χ4n) is 5.10. The van der Waals surface area contributed by atoms with Gasteiger partial charge in [-0.2, -0.15) is 9.41 Å². The third-order valence-corrected chi connectivity index (χ3v) is 8.43. The Morgan fingerprint density at radius 1 is 1.05 bits per heavy atom. The van der Waals surface area contributed by atoms with Gasteiger partial charge in [-0.15, -0.1) is 0 Å². The highest BCUT2D eigenvalue weighted by Gasteiger charge is 2.30. The predicted octanol–water partition coefficient (Wildman–Crippen LogP) is 2.90. The number of piperazine rings is 1. The van der Waals surface area contributed by atoms with E-state index < -0.39 is 10.0 Å². The van der Waals surface area contributed by atoms with Crippen molar-refractivity contribution in [1.82, 2.24) is 14.6 Å². The lowest BCUT2D eigenvalue weighted by molar-refractivity contribution is 0.175. The summed E-state index contributed by atoms with van der Waals surface area (Å²) in [6, 6.07) is 11.6. The Kier molecular flexibility index (Phi) is 8.47. The predicted molar refractivity (Wildman–Crippen MR) is 149 cm³/mol. The summed E-state index contributed by atoms with van der Waals surface area (Å²) < 4.78 is 36.4. The molecule has 38 heavy (non-hydrogen) atoms. The van der Waals surface area contributed by atoms with E-state index in [0.717, 1.165) is 35.2 Å². The van der Waals surface area contributed by atoms with E-state index >= 15 is 0 Å². The van der Waals surface area contributed by atoms with E-state index in [2.05, 4.69) is 17.1 Å². The first-order valence-electron chi connectivity index (χ1n) is 12.9. The van der Waals surface area contributed by atoms with E-state index in [-0.39, 0.29) is 12.1 Å². The van der Waals surface area contributed by atoms with Gasteiger partial charge in [-0.25, -0.2) is 18.2 Å². The van der Waals surface area contributed by atoms with Crippen LogP contribution in [0, 0.1) is 0 Å². The van der Waals surface area contributed by atoms with Crippen LogP contribution in [0.3, 0.4) is 0 Å². The zero-order valence-electron chi connectivity index (χ0n) is 22.7. The van der Waals surface area contributed by atoms with Crippen LogP contribution in [0.2, 0.25) is 0 Å². The number of methoxy groups -OCH3 is 2. The molecule has 11 heteroatoms. The van der Waals surface area contributed by atoms with Crippen molar-refractivity contribution in [3.05, 3.63) is 53.1 Å². The van der Waals surface area contributed by atoms with Crippen molar-refractivity contribution in [2.45, 2.75) is 32.2 Å². The van der Waals surface area contributed by atoms with Crippen LogP contribution in [-0.2, 0) is 16.4 Å². The van der Waals surface area contributed by atoms with Crippen molar-refractivity contribution >= 4 is 27.5 Å². The van der Waals surface area contributed by atoms with Crippen molar-refractivity contribution in [3.8, 4) is 11.5 Å². The summed E-state index contributed by atoms with van der Waals surface area (Å²) in [6.45, 7) is 4.26. The Bertz CT molecular complexity index is 1290. The molecule has 1 saturated heterocycles. The van der Waals surface area contributed by atoms with Crippen LogP contribution in [0.5, 0.6) is 11.5 Å². The Morgan fingerprint density at radius 3 is 2.24 bits per heavy atom. The molecule has 0 radical (unpaired) electrons. The number of urea groups is 1. The molecular formula is C27H37N5O5S. The zero-order valence-corrected chi connectivity index (χ0v) is 23.5. The Balaban J connectivity index is 1.73. The van der Waals surface area contributed by atoms with Gasteiger partial charge in [-0.05, 0) is 42.7 Å². The summed E-state index contributed by atoms with van der Waals surface area (Å²) in [7, 11) is 1.65. The highest BCUT2D eigenvalue weighted by Crippen LogP contribution is 2.35. The number of ether oxygens (including phenoxy) is 2. The van der Waals surface area contributed by atoms with Crippen molar-refractivity contribution in [2.24, 2.45) is 5.10 Å². The maximum atomic E-state index is 12.9. The number of sulfonamides is 1. The molecule has 0 spiro atoms. The number of hydrazone groups is 1. The van der Waals surface area contributed by atoms with Crippen LogP contribution in [0.15, 0.2) is 41.5 Å². The summed E-state index contributed by atoms with van der Waals surface area (Å²) in [4.78, 5) is 15.1. The molecular weight excluding hydrogens is 506 g/mol. The number of nitrogens with zero attached hydrogens (tertiary/aromatic N) is 4. The molecule has 2 heterocycles. The van der Waals surface area contributed by atoms with Gasteiger partial charge in [-0.3, -0.25) is 0 Å². The van der Waals surface area contributed by atoms with Crippen molar-refractivity contribution in [3.63, 3.8) is 0 Å². The lowest BCUT2D eigenvalue weighted by atomic mass is 9.92. The molecule has 0 aromatic heterocycles. The molecule has 2 aromatic rings. The lowest BCUT2D eigenvalue weighted by Gasteiger charge is -2.34. The third-order valence-electron chi connectivity index (χ3n) is 7.13. The second-order valence-electron chi connectivity index (χ2n) is 9.56. The smallest absolute Gasteiger partial charge is 0.337 e. The second-order valence-corrected chi connectivity index (χ2v) is 11.5. The van der Waals surface area contributed by atoms with Gasteiger partial charge in [0.2, 0.25) is 10.0 Å². The molecule has 0 aliphatic carbocycles. The fourth-order valence-corrected chi connectivity index (χ4v) is 5.93. The molecule has 2 amide bonds. The topological polar surface area (TPSA) is 104 Å². The number of benzene rings is 2. The third kappa shape index (κ3) is 5.73. The summed E-state index contributed by atoms with van der Waals surface area (Å²) in [5.74, 6) is 1.23. The van der Waals surface area contributed by atoms with Gasteiger partial charge < -0.3 is 19.7 Å².